The average Bonchev–Trinajstić information content (AvgIpc) is 3.01. The number of nitriles is 1. The highest BCUT2D eigenvalue weighted by Gasteiger charge is 2.14. The number of aromatic nitrogens is 3. The Labute approximate surface area is 153 Å². The van der Waals surface area contributed by atoms with Crippen molar-refractivity contribution in [1.82, 2.24) is 15.2 Å². The smallest absolute Gasteiger partial charge is 0.225 e. The monoisotopic (exact) mass is 367 g/mol. The number of pyridine rings is 1. The van der Waals surface area contributed by atoms with Gasteiger partial charge in [0.25, 0.3) is 0 Å². The molecule has 0 saturated heterocycles. The molecule has 0 atom stereocenters. The summed E-state index contributed by atoms with van der Waals surface area (Å²) in [5.41, 5.74) is 2.01. The van der Waals surface area contributed by atoms with E-state index in [2.05, 4.69) is 20.5 Å². The summed E-state index contributed by atoms with van der Waals surface area (Å²) in [6, 6.07) is 7.22. The predicted octanol–water partition coefficient (Wildman–Crippen LogP) is 3.50. The Morgan fingerprint density at radius 1 is 1.26 bits per heavy atom. The quantitative estimate of drug-likeness (QED) is 0.722. The molecular formula is C19H15F2N5O. The van der Waals surface area contributed by atoms with Crippen LogP contribution in [0.25, 0.3) is 11.3 Å². The van der Waals surface area contributed by atoms with Gasteiger partial charge in [-0.2, -0.15) is 10.4 Å². The second-order valence-corrected chi connectivity index (χ2v) is 5.90. The number of nitrogens with zero attached hydrogens (tertiary/aromatic N) is 3. The Kier molecular flexibility index (Phi) is 5.22. The maximum atomic E-state index is 13.6. The number of aromatic amines is 1. The van der Waals surface area contributed by atoms with Crippen molar-refractivity contribution in [2.24, 2.45) is 0 Å². The Morgan fingerprint density at radius 2 is 1.93 bits per heavy atom. The number of hydrogen-bond acceptors (Lipinski definition) is 4. The van der Waals surface area contributed by atoms with Gasteiger partial charge in [0.1, 0.15) is 29.1 Å². The molecule has 1 aromatic carbocycles. The number of anilines is 1. The average molecular weight is 367 g/mol. The second-order valence-electron chi connectivity index (χ2n) is 5.90. The van der Waals surface area contributed by atoms with Crippen molar-refractivity contribution >= 4 is 11.7 Å². The zero-order valence-electron chi connectivity index (χ0n) is 14.4. The van der Waals surface area contributed by atoms with Crippen LogP contribution in [0.15, 0.2) is 36.7 Å². The molecule has 1 amide bonds. The van der Waals surface area contributed by atoms with E-state index in [9.17, 15) is 13.6 Å². The standard InChI is InChI=1S/C19H15F2N5O/c1-11-18(13-4-6-23-7-5-13)25-26-19(11)24-17(27)3-2-12-8-15(20)14(10-22)16(21)9-12/h4-9H,2-3H2,1H3,(H2,24,25,26,27). The van der Waals surface area contributed by atoms with Crippen LogP contribution in [0.3, 0.4) is 0 Å². The van der Waals surface area contributed by atoms with Crippen LogP contribution in [0.5, 0.6) is 0 Å². The number of carbonyl (C=O) groups excluding carboxylic acids is 1. The maximum Gasteiger partial charge on any atom is 0.225 e. The molecule has 0 spiro atoms. The van der Waals surface area contributed by atoms with Gasteiger partial charge in [0.05, 0.1) is 5.69 Å². The van der Waals surface area contributed by atoms with E-state index in [1.807, 2.05) is 19.1 Å². The van der Waals surface area contributed by atoms with Gasteiger partial charge in [0, 0.05) is 29.9 Å². The molecule has 0 radical (unpaired) electrons. The van der Waals surface area contributed by atoms with Gasteiger partial charge < -0.3 is 5.32 Å². The molecule has 2 aromatic heterocycles. The molecule has 8 heteroatoms. The van der Waals surface area contributed by atoms with Crippen LogP contribution in [-0.2, 0) is 11.2 Å². The number of aryl methyl sites for hydroxylation is 1. The van der Waals surface area contributed by atoms with E-state index in [0.717, 1.165) is 23.3 Å². The first-order chi connectivity index (χ1) is 13.0. The summed E-state index contributed by atoms with van der Waals surface area (Å²) in [4.78, 5) is 16.1. The number of halogens is 2. The van der Waals surface area contributed by atoms with Gasteiger partial charge in [-0.1, -0.05) is 0 Å². The van der Waals surface area contributed by atoms with Crippen molar-refractivity contribution in [3.63, 3.8) is 0 Å². The van der Waals surface area contributed by atoms with Crippen LogP contribution < -0.4 is 5.32 Å². The minimum Gasteiger partial charge on any atom is -0.311 e. The lowest BCUT2D eigenvalue weighted by Gasteiger charge is -2.06. The van der Waals surface area contributed by atoms with E-state index in [4.69, 9.17) is 5.26 Å². The number of benzene rings is 1. The summed E-state index contributed by atoms with van der Waals surface area (Å²) in [5.74, 6) is -1.73. The van der Waals surface area contributed by atoms with E-state index in [1.54, 1.807) is 12.4 Å². The zero-order valence-corrected chi connectivity index (χ0v) is 14.4. The number of nitrogens with one attached hydrogen (secondary N) is 2. The number of H-pyrrole nitrogens is 1. The third-order valence-corrected chi connectivity index (χ3v) is 4.08. The summed E-state index contributed by atoms with van der Waals surface area (Å²) in [6.45, 7) is 1.82. The fourth-order valence-electron chi connectivity index (χ4n) is 2.65. The molecule has 27 heavy (non-hydrogen) atoms. The third kappa shape index (κ3) is 3.98. The number of carbonyl (C=O) groups is 1. The van der Waals surface area contributed by atoms with E-state index in [-0.39, 0.29) is 18.7 Å². The molecular weight excluding hydrogens is 352 g/mol. The number of rotatable bonds is 5. The number of amides is 1. The summed E-state index contributed by atoms with van der Waals surface area (Å²) in [7, 11) is 0. The van der Waals surface area contributed by atoms with Crippen molar-refractivity contribution in [1.29, 1.82) is 5.26 Å². The molecule has 0 saturated carbocycles. The molecule has 136 valence electrons. The minimum atomic E-state index is -0.931. The van der Waals surface area contributed by atoms with Crippen molar-refractivity contribution in [3.8, 4) is 17.3 Å². The van der Waals surface area contributed by atoms with Crippen LogP contribution in [0.2, 0.25) is 0 Å². The van der Waals surface area contributed by atoms with Crippen LogP contribution in [-0.4, -0.2) is 21.1 Å². The second kappa shape index (κ2) is 7.74. The summed E-state index contributed by atoms with van der Waals surface area (Å²) >= 11 is 0. The minimum absolute atomic E-state index is 0.0217. The van der Waals surface area contributed by atoms with Crippen LogP contribution in [0.4, 0.5) is 14.6 Å². The van der Waals surface area contributed by atoms with E-state index in [0.29, 0.717) is 17.1 Å². The fourth-order valence-corrected chi connectivity index (χ4v) is 2.65. The molecule has 0 unspecified atom stereocenters. The van der Waals surface area contributed by atoms with Gasteiger partial charge in [0.2, 0.25) is 5.91 Å². The highest BCUT2D eigenvalue weighted by Crippen LogP contribution is 2.25. The Balaban J connectivity index is 1.66. The molecule has 0 aliphatic heterocycles. The van der Waals surface area contributed by atoms with Gasteiger partial charge in [-0.05, 0) is 43.2 Å². The van der Waals surface area contributed by atoms with Gasteiger partial charge in [-0.25, -0.2) is 8.78 Å². The van der Waals surface area contributed by atoms with Crippen molar-refractivity contribution in [2.75, 3.05) is 5.32 Å². The van der Waals surface area contributed by atoms with E-state index >= 15 is 0 Å². The van der Waals surface area contributed by atoms with Gasteiger partial charge >= 0.3 is 0 Å². The molecule has 0 fully saturated rings. The van der Waals surface area contributed by atoms with Crippen molar-refractivity contribution in [3.05, 3.63) is 65.0 Å². The number of hydrogen-bond donors (Lipinski definition) is 2. The normalized spacial score (nSPS) is 10.4. The maximum absolute atomic E-state index is 13.6. The fraction of sp³-hybridized carbons (Fsp3) is 0.158. The third-order valence-electron chi connectivity index (χ3n) is 4.08. The van der Waals surface area contributed by atoms with Gasteiger partial charge in [-0.15, -0.1) is 0 Å². The summed E-state index contributed by atoms with van der Waals surface area (Å²) in [5, 5.41) is 18.4. The Morgan fingerprint density at radius 3 is 2.56 bits per heavy atom. The molecule has 0 bridgehead atoms. The molecule has 2 heterocycles. The highest BCUT2D eigenvalue weighted by molar-refractivity contribution is 5.91. The van der Waals surface area contributed by atoms with Crippen molar-refractivity contribution in [2.45, 2.75) is 19.8 Å². The van der Waals surface area contributed by atoms with Crippen LogP contribution in [0, 0.1) is 29.9 Å². The first kappa shape index (κ1) is 18.2. The molecule has 6 nitrogen and oxygen atoms in total. The molecule has 3 rings (SSSR count). The van der Waals surface area contributed by atoms with Crippen molar-refractivity contribution < 1.29 is 13.6 Å². The molecule has 2 N–H and O–H groups in total. The molecule has 0 aliphatic carbocycles. The van der Waals surface area contributed by atoms with Gasteiger partial charge in [0.15, 0.2) is 0 Å². The summed E-state index contributed by atoms with van der Waals surface area (Å²) in [6.07, 6.45) is 3.46. The first-order valence-electron chi connectivity index (χ1n) is 8.13. The van der Waals surface area contributed by atoms with Gasteiger partial charge in [-0.3, -0.25) is 14.9 Å². The lowest BCUT2D eigenvalue weighted by Crippen LogP contribution is -2.13. The Hall–Kier alpha value is -3.60. The highest BCUT2D eigenvalue weighted by atomic mass is 19.1. The Bertz CT molecular complexity index is 1000. The van der Waals surface area contributed by atoms with Crippen LogP contribution in [0.1, 0.15) is 23.1 Å². The van der Waals surface area contributed by atoms with Crippen LogP contribution >= 0.6 is 0 Å². The SMILES string of the molecule is Cc1c(-c2ccncc2)n[nH]c1NC(=O)CCc1cc(F)c(C#N)c(F)c1. The topological polar surface area (TPSA) is 94.5 Å². The lowest BCUT2D eigenvalue weighted by molar-refractivity contribution is -0.116. The van der Waals surface area contributed by atoms with E-state index in [1.165, 1.54) is 6.07 Å². The largest absolute Gasteiger partial charge is 0.311 e. The summed E-state index contributed by atoms with van der Waals surface area (Å²) < 4.78 is 27.2. The first-order valence-corrected chi connectivity index (χ1v) is 8.13. The molecule has 3 aromatic rings. The zero-order chi connectivity index (χ0) is 19.4. The predicted molar refractivity (Wildman–Crippen MR) is 94.6 cm³/mol. The van der Waals surface area contributed by atoms with E-state index < -0.39 is 17.2 Å². The molecule has 0 aliphatic rings. The lowest BCUT2D eigenvalue weighted by atomic mass is 10.1.